The van der Waals surface area contributed by atoms with E-state index >= 15 is 0 Å². The molecule has 1 aliphatic rings. The van der Waals surface area contributed by atoms with Crippen molar-refractivity contribution in [3.8, 4) is 0 Å². The van der Waals surface area contributed by atoms with Crippen molar-refractivity contribution in [1.29, 1.82) is 0 Å². The Balaban J connectivity index is 1.66. The largest absolute Gasteiger partial charge is 0.356 e. The van der Waals surface area contributed by atoms with Crippen LogP contribution in [0.15, 0.2) is 24.3 Å². The van der Waals surface area contributed by atoms with Crippen molar-refractivity contribution in [2.45, 2.75) is 51.5 Å². The van der Waals surface area contributed by atoms with Gasteiger partial charge in [-0.2, -0.15) is 0 Å². The zero-order chi connectivity index (χ0) is 15.8. The van der Waals surface area contributed by atoms with Crippen LogP contribution in [0, 0.1) is 5.82 Å². The van der Waals surface area contributed by atoms with E-state index in [1.807, 2.05) is 6.07 Å². The minimum absolute atomic E-state index is 0.0664. The molecular formula is C18H27FN2O. The first-order valence-corrected chi connectivity index (χ1v) is 8.45. The van der Waals surface area contributed by atoms with Gasteiger partial charge in [0.15, 0.2) is 0 Å². The van der Waals surface area contributed by atoms with Crippen LogP contribution in [0.25, 0.3) is 0 Å². The summed E-state index contributed by atoms with van der Waals surface area (Å²) >= 11 is 0. The van der Waals surface area contributed by atoms with Crippen LogP contribution in [-0.2, 0) is 11.2 Å². The molecule has 1 unspecified atom stereocenters. The fourth-order valence-corrected chi connectivity index (χ4v) is 3.19. The smallest absolute Gasteiger partial charge is 0.221 e. The maximum Gasteiger partial charge on any atom is 0.221 e. The zero-order valence-electron chi connectivity index (χ0n) is 13.5. The van der Waals surface area contributed by atoms with Crippen molar-refractivity contribution in [2.75, 3.05) is 19.6 Å². The molecule has 0 radical (unpaired) electrons. The van der Waals surface area contributed by atoms with Crippen molar-refractivity contribution in [2.24, 2.45) is 0 Å². The average molecular weight is 306 g/mol. The predicted octanol–water partition coefficient (Wildman–Crippen LogP) is 3.14. The summed E-state index contributed by atoms with van der Waals surface area (Å²) in [4.78, 5) is 14.4. The molecule has 4 heteroatoms. The summed E-state index contributed by atoms with van der Waals surface area (Å²) in [6, 6.07) is 7.36. The molecule has 122 valence electrons. The van der Waals surface area contributed by atoms with Gasteiger partial charge in [-0.15, -0.1) is 0 Å². The summed E-state index contributed by atoms with van der Waals surface area (Å²) in [6.45, 7) is 4.67. The van der Waals surface area contributed by atoms with Crippen molar-refractivity contribution in [3.05, 3.63) is 35.6 Å². The van der Waals surface area contributed by atoms with Gasteiger partial charge >= 0.3 is 0 Å². The second-order valence-corrected chi connectivity index (χ2v) is 6.04. The first-order chi connectivity index (χ1) is 10.7. The van der Waals surface area contributed by atoms with Crippen LogP contribution >= 0.6 is 0 Å². The number of nitrogens with one attached hydrogen (secondary N) is 1. The van der Waals surface area contributed by atoms with Crippen LogP contribution in [0.3, 0.4) is 0 Å². The van der Waals surface area contributed by atoms with Gasteiger partial charge in [0.25, 0.3) is 0 Å². The van der Waals surface area contributed by atoms with Gasteiger partial charge in [0.1, 0.15) is 5.82 Å². The minimum atomic E-state index is -0.198. The van der Waals surface area contributed by atoms with E-state index in [1.54, 1.807) is 12.1 Å². The second kappa shape index (κ2) is 8.89. The average Bonchev–Trinajstić information content (AvgIpc) is 2.55. The van der Waals surface area contributed by atoms with E-state index in [0.717, 1.165) is 19.5 Å². The predicted molar refractivity (Wildman–Crippen MR) is 87.2 cm³/mol. The van der Waals surface area contributed by atoms with Gasteiger partial charge in [0, 0.05) is 25.6 Å². The van der Waals surface area contributed by atoms with Crippen LogP contribution in [-0.4, -0.2) is 36.5 Å². The minimum Gasteiger partial charge on any atom is -0.356 e. The quantitative estimate of drug-likeness (QED) is 0.839. The zero-order valence-corrected chi connectivity index (χ0v) is 13.5. The molecule has 1 aromatic rings. The Hall–Kier alpha value is -1.42. The second-order valence-electron chi connectivity index (χ2n) is 6.04. The standard InChI is InChI=1S/C18H27FN2O/c1-2-16-8-5-6-13-21(16)14-11-18(22)20-12-10-15-7-3-4-9-17(15)19/h3-4,7,9,16H,2,5-6,8,10-14H2,1H3,(H,20,22). The Bertz CT molecular complexity index is 478. The number of piperidine rings is 1. The summed E-state index contributed by atoms with van der Waals surface area (Å²) in [6.07, 6.45) is 6.04. The van der Waals surface area contributed by atoms with Crippen LogP contribution in [0.4, 0.5) is 4.39 Å². The van der Waals surface area contributed by atoms with Gasteiger partial charge in [-0.3, -0.25) is 9.69 Å². The van der Waals surface area contributed by atoms with Crippen LogP contribution < -0.4 is 5.32 Å². The number of rotatable bonds is 7. The molecule has 1 aliphatic heterocycles. The van der Waals surface area contributed by atoms with Crippen LogP contribution in [0.5, 0.6) is 0 Å². The van der Waals surface area contributed by atoms with Gasteiger partial charge in [-0.05, 0) is 43.9 Å². The molecule has 1 N–H and O–H groups in total. The maximum absolute atomic E-state index is 13.5. The third-order valence-electron chi connectivity index (χ3n) is 4.52. The highest BCUT2D eigenvalue weighted by Gasteiger charge is 2.20. The number of hydrogen-bond donors (Lipinski definition) is 1. The normalized spacial score (nSPS) is 19.1. The van der Waals surface area contributed by atoms with E-state index < -0.39 is 0 Å². The lowest BCUT2D eigenvalue weighted by atomic mass is 10.00. The molecule has 0 saturated carbocycles. The van der Waals surface area contributed by atoms with E-state index in [4.69, 9.17) is 0 Å². The Morgan fingerprint density at radius 3 is 2.95 bits per heavy atom. The number of benzene rings is 1. The van der Waals surface area contributed by atoms with E-state index in [1.165, 1.54) is 25.3 Å². The molecule has 0 aliphatic carbocycles. The number of amides is 1. The lowest BCUT2D eigenvalue weighted by Crippen LogP contribution is -2.41. The molecular weight excluding hydrogens is 279 g/mol. The van der Waals surface area contributed by atoms with E-state index in [0.29, 0.717) is 31.0 Å². The van der Waals surface area contributed by atoms with Gasteiger partial charge in [0.2, 0.25) is 5.91 Å². The number of likely N-dealkylation sites (tertiary alicyclic amines) is 1. The Morgan fingerprint density at radius 1 is 1.36 bits per heavy atom. The fraction of sp³-hybridized carbons (Fsp3) is 0.611. The Labute approximate surface area is 132 Å². The SMILES string of the molecule is CCC1CCCCN1CCC(=O)NCCc1ccccc1F. The molecule has 1 atom stereocenters. The highest BCUT2D eigenvalue weighted by atomic mass is 19.1. The summed E-state index contributed by atoms with van der Waals surface area (Å²) in [5.41, 5.74) is 0.657. The topological polar surface area (TPSA) is 32.3 Å². The fourth-order valence-electron chi connectivity index (χ4n) is 3.19. The molecule has 0 spiro atoms. The third kappa shape index (κ3) is 5.09. The lowest BCUT2D eigenvalue weighted by molar-refractivity contribution is -0.121. The van der Waals surface area contributed by atoms with Crippen molar-refractivity contribution in [1.82, 2.24) is 10.2 Å². The molecule has 0 bridgehead atoms. The summed E-state index contributed by atoms with van der Waals surface area (Å²) in [5, 5.41) is 2.90. The molecule has 1 aromatic carbocycles. The van der Waals surface area contributed by atoms with Crippen LogP contribution in [0.1, 0.15) is 44.6 Å². The summed E-state index contributed by atoms with van der Waals surface area (Å²) in [5.74, 6) is -0.132. The molecule has 1 heterocycles. The highest BCUT2D eigenvalue weighted by molar-refractivity contribution is 5.76. The van der Waals surface area contributed by atoms with Crippen LogP contribution in [0.2, 0.25) is 0 Å². The van der Waals surface area contributed by atoms with E-state index in [2.05, 4.69) is 17.1 Å². The van der Waals surface area contributed by atoms with E-state index in [-0.39, 0.29) is 11.7 Å². The van der Waals surface area contributed by atoms with Gasteiger partial charge in [-0.1, -0.05) is 31.5 Å². The summed E-state index contributed by atoms with van der Waals surface area (Å²) in [7, 11) is 0. The van der Waals surface area contributed by atoms with Gasteiger partial charge in [0.05, 0.1) is 0 Å². The number of nitrogens with zero attached hydrogens (tertiary/aromatic N) is 1. The molecule has 0 aromatic heterocycles. The molecule has 3 nitrogen and oxygen atoms in total. The van der Waals surface area contributed by atoms with Gasteiger partial charge in [-0.25, -0.2) is 4.39 Å². The van der Waals surface area contributed by atoms with Crippen molar-refractivity contribution < 1.29 is 9.18 Å². The van der Waals surface area contributed by atoms with Crippen molar-refractivity contribution in [3.63, 3.8) is 0 Å². The molecule has 2 rings (SSSR count). The monoisotopic (exact) mass is 306 g/mol. The third-order valence-corrected chi connectivity index (χ3v) is 4.52. The first kappa shape index (κ1) is 16.9. The molecule has 1 fully saturated rings. The Morgan fingerprint density at radius 2 is 2.18 bits per heavy atom. The maximum atomic E-state index is 13.5. The highest BCUT2D eigenvalue weighted by Crippen LogP contribution is 2.19. The number of hydrogen-bond acceptors (Lipinski definition) is 2. The molecule has 22 heavy (non-hydrogen) atoms. The number of halogens is 1. The molecule has 1 saturated heterocycles. The van der Waals surface area contributed by atoms with Gasteiger partial charge < -0.3 is 5.32 Å². The lowest BCUT2D eigenvalue weighted by Gasteiger charge is -2.35. The molecule has 1 amide bonds. The Kier molecular flexibility index (Phi) is 6.84. The number of carbonyl (C=O) groups excluding carboxylic acids is 1. The summed E-state index contributed by atoms with van der Waals surface area (Å²) < 4.78 is 13.5. The van der Waals surface area contributed by atoms with E-state index in [9.17, 15) is 9.18 Å². The van der Waals surface area contributed by atoms with Crippen molar-refractivity contribution >= 4 is 5.91 Å². The first-order valence-electron chi connectivity index (χ1n) is 8.45. The number of carbonyl (C=O) groups is 1.